The Morgan fingerprint density at radius 3 is 3.23 bits per heavy atom. The number of hydrogen-bond acceptors (Lipinski definition) is 5. The summed E-state index contributed by atoms with van der Waals surface area (Å²) in [6, 6.07) is 0. The molecule has 5 heteroatoms. The van der Waals surface area contributed by atoms with Crippen LogP contribution in [0.2, 0.25) is 0 Å². The van der Waals surface area contributed by atoms with Gasteiger partial charge in [0.2, 0.25) is 0 Å². The normalized spacial score (nSPS) is 22.9. The van der Waals surface area contributed by atoms with Gasteiger partial charge < -0.3 is 5.32 Å². The van der Waals surface area contributed by atoms with Crippen molar-refractivity contribution < 1.29 is 0 Å². The smallest absolute Gasteiger partial charge is 0.182 e. The highest BCUT2D eigenvalue weighted by molar-refractivity contribution is 8.06. The van der Waals surface area contributed by atoms with Crippen LogP contribution in [-0.2, 0) is 0 Å². The molecule has 1 aliphatic rings. The van der Waals surface area contributed by atoms with Crippen molar-refractivity contribution in [1.29, 1.82) is 0 Å². The number of aromatic nitrogens is 1. The molecule has 0 amide bonds. The summed E-state index contributed by atoms with van der Waals surface area (Å²) in [6.45, 7) is 1.06. The average molecular weight is 232 g/mol. The van der Waals surface area contributed by atoms with E-state index in [0.717, 1.165) is 16.9 Å². The maximum Gasteiger partial charge on any atom is 0.182 e. The summed E-state index contributed by atoms with van der Waals surface area (Å²) in [5, 5.41) is 7.19. The lowest BCUT2D eigenvalue weighted by Gasteiger charge is -2.20. The van der Waals surface area contributed by atoms with E-state index in [1.54, 1.807) is 11.3 Å². The Morgan fingerprint density at radius 2 is 2.54 bits per heavy atom. The molecule has 2 rings (SSSR count). The van der Waals surface area contributed by atoms with E-state index in [4.69, 9.17) is 0 Å². The van der Waals surface area contributed by atoms with Crippen LogP contribution >= 0.6 is 34.9 Å². The molecular formula is C8H12N2S3. The predicted molar refractivity (Wildman–Crippen MR) is 64.2 cm³/mol. The van der Waals surface area contributed by atoms with Crippen LogP contribution in [0.5, 0.6) is 0 Å². The van der Waals surface area contributed by atoms with E-state index in [1.807, 2.05) is 11.6 Å². The first kappa shape index (κ1) is 9.68. The summed E-state index contributed by atoms with van der Waals surface area (Å²) in [5.41, 5.74) is 0. The summed E-state index contributed by atoms with van der Waals surface area (Å²) in [5.74, 6) is 3.90. The standard InChI is InChI=1S/C8H12N2S3/c1-2-13-8(9-1)10-5-7-6-11-3-4-12-7/h1-2,7H,3-6H2,(H,9,10). The van der Waals surface area contributed by atoms with Crippen molar-refractivity contribution in [3.63, 3.8) is 0 Å². The van der Waals surface area contributed by atoms with E-state index in [9.17, 15) is 0 Å². The summed E-state index contributed by atoms with van der Waals surface area (Å²) >= 11 is 5.81. The first-order valence-corrected chi connectivity index (χ1v) is 7.36. The topological polar surface area (TPSA) is 24.9 Å². The van der Waals surface area contributed by atoms with Crippen LogP contribution in [0.25, 0.3) is 0 Å². The highest BCUT2D eigenvalue weighted by Gasteiger charge is 2.13. The minimum Gasteiger partial charge on any atom is -0.360 e. The van der Waals surface area contributed by atoms with E-state index in [1.165, 1.54) is 17.3 Å². The number of rotatable bonds is 3. The van der Waals surface area contributed by atoms with Crippen LogP contribution in [-0.4, -0.2) is 34.0 Å². The van der Waals surface area contributed by atoms with Gasteiger partial charge in [-0.1, -0.05) is 0 Å². The minimum absolute atomic E-state index is 0.766. The summed E-state index contributed by atoms with van der Waals surface area (Å²) < 4.78 is 0. The maximum absolute atomic E-state index is 4.19. The van der Waals surface area contributed by atoms with Gasteiger partial charge in [-0.15, -0.1) is 11.3 Å². The van der Waals surface area contributed by atoms with Gasteiger partial charge in [0.05, 0.1) is 0 Å². The molecule has 1 aromatic rings. The van der Waals surface area contributed by atoms with Crippen LogP contribution in [0.1, 0.15) is 0 Å². The van der Waals surface area contributed by atoms with E-state index in [-0.39, 0.29) is 0 Å². The van der Waals surface area contributed by atoms with Crippen LogP contribution in [0.4, 0.5) is 5.13 Å². The Morgan fingerprint density at radius 1 is 1.54 bits per heavy atom. The number of hydrogen-bond donors (Lipinski definition) is 1. The van der Waals surface area contributed by atoms with Gasteiger partial charge in [0.25, 0.3) is 0 Å². The lowest BCUT2D eigenvalue weighted by molar-refractivity contribution is 1.00. The first-order chi connectivity index (χ1) is 6.45. The molecule has 0 aromatic carbocycles. The molecule has 2 heterocycles. The SMILES string of the molecule is c1csc(NCC2CSCCS2)n1. The van der Waals surface area contributed by atoms with E-state index >= 15 is 0 Å². The maximum atomic E-state index is 4.19. The van der Waals surface area contributed by atoms with Gasteiger partial charge in [-0.05, 0) is 0 Å². The third-order valence-corrected chi connectivity index (χ3v) is 5.37. The highest BCUT2D eigenvalue weighted by Crippen LogP contribution is 2.24. The Kier molecular flexibility index (Phi) is 3.81. The molecule has 1 N–H and O–H groups in total. The molecule has 1 aliphatic heterocycles. The van der Waals surface area contributed by atoms with Gasteiger partial charge in [0.15, 0.2) is 5.13 Å². The van der Waals surface area contributed by atoms with Crippen molar-refractivity contribution in [3.05, 3.63) is 11.6 Å². The lowest BCUT2D eigenvalue weighted by Crippen LogP contribution is -2.23. The first-order valence-electron chi connectivity index (χ1n) is 4.28. The van der Waals surface area contributed by atoms with Crippen molar-refractivity contribution in [2.24, 2.45) is 0 Å². The van der Waals surface area contributed by atoms with Gasteiger partial charge >= 0.3 is 0 Å². The largest absolute Gasteiger partial charge is 0.360 e. The molecule has 1 atom stereocenters. The second-order valence-corrected chi connectivity index (χ2v) is 6.24. The summed E-state index contributed by atoms with van der Waals surface area (Å²) in [6.07, 6.45) is 1.84. The van der Waals surface area contributed by atoms with Crippen LogP contribution in [0, 0.1) is 0 Å². The third-order valence-electron chi connectivity index (χ3n) is 1.80. The van der Waals surface area contributed by atoms with Crippen molar-refractivity contribution >= 4 is 40.0 Å². The second-order valence-electron chi connectivity index (χ2n) is 2.79. The second kappa shape index (κ2) is 5.12. The molecular weight excluding hydrogens is 220 g/mol. The number of nitrogens with zero attached hydrogens (tertiary/aromatic N) is 1. The van der Waals surface area contributed by atoms with E-state index in [0.29, 0.717) is 0 Å². The fourth-order valence-electron chi connectivity index (χ4n) is 1.17. The quantitative estimate of drug-likeness (QED) is 0.865. The minimum atomic E-state index is 0.766. The molecule has 0 spiro atoms. The molecule has 2 nitrogen and oxygen atoms in total. The van der Waals surface area contributed by atoms with Crippen molar-refractivity contribution in [1.82, 2.24) is 4.98 Å². The Labute approximate surface area is 90.9 Å². The molecule has 1 saturated heterocycles. The van der Waals surface area contributed by atoms with E-state index in [2.05, 4.69) is 33.8 Å². The number of thioether (sulfide) groups is 2. The predicted octanol–water partition coefficient (Wildman–Crippen LogP) is 2.40. The highest BCUT2D eigenvalue weighted by atomic mass is 32.2. The zero-order valence-electron chi connectivity index (χ0n) is 7.23. The van der Waals surface area contributed by atoms with Gasteiger partial charge in [-0.2, -0.15) is 23.5 Å². The van der Waals surface area contributed by atoms with Crippen molar-refractivity contribution in [3.8, 4) is 0 Å². The number of thiazole rings is 1. The molecule has 1 aromatic heterocycles. The molecule has 1 unspecified atom stereocenters. The van der Waals surface area contributed by atoms with Gasteiger partial charge in [-0.3, -0.25) is 0 Å². The van der Waals surface area contributed by atoms with Gasteiger partial charge in [-0.25, -0.2) is 4.98 Å². The Balaban J connectivity index is 1.72. The zero-order chi connectivity index (χ0) is 8.93. The molecule has 0 saturated carbocycles. The zero-order valence-corrected chi connectivity index (χ0v) is 9.68. The van der Waals surface area contributed by atoms with Crippen molar-refractivity contribution in [2.45, 2.75) is 5.25 Å². The molecule has 0 radical (unpaired) electrons. The summed E-state index contributed by atoms with van der Waals surface area (Å²) in [7, 11) is 0. The molecule has 13 heavy (non-hydrogen) atoms. The van der Waals surface area contributed by atoms with Crippen LogP contribution in [0.3, 0.4) is 0 Å². The Bertz CT molecular complexity index is 232. The monoisotopic (exact) mass is 232 g/mol. The molecule has 72 valence electrons. The van der Waals surface area contributed by atoms with Crippen LogP contribution < -0.4 is 5.32 Å². The molecule has 0 bridgehead atoms. The Hall–Kier alpha value is 0.130. The van der Waals surface area contributed by atoms with Gasteiger partial charge in [0, 0.05) is 40.6 Å². The third kappa shape index (κ3) is 3.07. The average Bonchev–Trinajstić information content (AvgIpc) is 2.69. The fourth-order valence-corrected chi connectivity index (χ4v) is 4.32. The number of anilines is 1. The number of nitrogens with one attached hydrogen (secondary N) is 1. The lowest BCUT2D eigenvalue weighted by atomic mass is 10.5. The van der Waals surface area contributed by atoms with Crippen molar-refractivity contribution in [2.75, 3.05) is 29.1 Å². The van der Waals surface area contributed by atoms with Gasteiger partial charge in [0.1, 0.15) is 0 Å². The molecule has 0 aliphatic carbocycles. The van der Waals surface area contributed by atoms with E-state index < -0.39 is 0 Å². The summed E-state index contributed by atoms with van der Waals surface area (Å²) in [4.78, 5) is 4.19. The van der Waals surface area contributed by atoms with Crippen LogP contribution in [0.15, 0.2) is 11.6 Å². The molecule has 1 fully saturated rings. The fraction of sp³-hybridized carbons (Fsp3) is 0.625.